The molecular weight excluding hydrogens is 448 g/mol. The van der Waals surface area contributed by atoms with Crippen LogP contribution in [0.5, 0.6) is 0 Å². The lowest BCUT2D eigenvalue weighted by molar-refractivity contribution is 0.0285. The number of hydrogen-bond donors (Lipinski definition) is 1. The van der Waals surface area contributed by atoms with E-state index in [1.165, 1.54) is 12.4 Å². The van der Waals surface area contributed by atoms with Crippen LogP contribution in [0.3, 0.4) is 0 Å². The summed E-state index contributed by atoms with van der Waals surface area (Å²) < 4.78 is 77.0. The van der Waals surface area contributed by atoms with E-state index in [9.17, 15) is 4.79 Å². The normalized spacial score (nSPS) is 31.6. The van der Waals surface area contributed by atoms with Crippen molar-refractivity contribution in [3.63, 3.8) is 0 Å². The molecule has 0 radical (unpaired) electrons. The number of amides is 1. The fourth-order valence-corrected chi connectivity index (χ4v) is 4.51. The van der Waals surface area contributed by atoms with Gasteiger partial charge in [0.05, 0.1) is 35.3 Å². The fraction of sp³-hybridized carbons (Fsp3) is 0.625. The number of nitrogens with zero attached hydrogens (tertiary/aromatic N) is 7. The Morgan fingerprint density at radius 1 is 1.20 bits per heavy atom. The van der Waals surface area contributed by atoms with Crippen molar-refractivity contribution in [2.45, 2.75) is 51.7 Å². The number of hydrogen-bond acceptors (Lipinski definition) is 10. The summed E-state index contributed by atoms with van der Waals surface area (Å²) in [5.41, 5.74) is 5.56. The van der Waals surface area contributed by atoms with Gasteiger partial charge in [-0.05, 0) is 40.5 Å². The molecule has 3 aliphatic heterocycles. The summed E-state index contributed by atoms with van der Waals surface area (Å²) >= 11 is 0. The van der Waals surface area contributed by atoms with Crippen molar-refractivity contribution in [3.8, 4) is 11.3 Å². The molecule has 1 amide bonds. The lowest BCUT2D eigenvalue weighted by Gasteiger charge is -2.37. The van der Waals surface area contributed by atoms with Crippen LogP contribution < -0.4 is 15.5 Å². The molecule has 2 fully saturated rings. The monoisotopic (exact) mass is 490 g/mol. The maximum absolute atomic E-state index is 12.9. The van der Waals surface area contributed by atoms with Gasteiger partial charge in [-0.3, -0.25) is 0 Å². The first-order valence-corrected chi connectivity index (χ1v) is 11.3. The van der Waals surface area contributed by atoms with Crippen LogP contribution in [-0.2, 0) is 15.9 Å². The predicted octanol–water partition coefficient (Wildman–Crippen LogP) is 2.11. The topological polar surface area (TPSA) is 123 Å². The van der Waals surface area contributed by atoms with Crippen molar-refractivity contribution in [1.29, 1.82) is 0 Å². The zero-order valence-corrected chi connectivity index (χ0v) is 20.1. The van der Waals surface area contributed by atoms with E-state index in [1.807, 2.05) is 11.8 Å². The molecule has 188 valence electrons. The molecule has 5 rings (SSSR count). The highest BCUT2D eigenvalue weighted by molar-refractivity contribution is 5.74. The highest BCUT2D eigenvalue weighted by atomic mass is 16.6. The van der Waals surface area contributed by atoms with Crippen LogP contribution in [0.2, 0.25) is 0 Å². The summed E-state index contributed by atoms with van der Waals surface area (Å²) in [6.45, 7) is -4.67. The molecule has 0 spiro atoms. The van der Waals surface area contributed by atoms with Crippen molar-refractivity contribution < 1.29 is 25.2 Å². The van der Waals surface area contributed by atoms with Gasteiger partial charge in [0.2, 0.25) is 11.9 Å². The third kappa shape index (κ3) is 4.69. The number of fused-ring (bicyclic) bond motifs is 1. The van der Waals surface area contributed by atoms with Gasteiger partial charge < -0.3 is 29.9 Å². The summed E-state index contributed by atoms with van der Waals surface area (Å²) in [6, 6.07) is 0. The van der Waals surface area contributed by atoms with Gasteiger partial charge in [-0.2, -0.15) is 4.98 Å². The van der Waals surface area contributed by atoms with E-state index < -0.39 is 49.3 Å². The number of nitrogens with two attached hydrogens (primary N) is 1. The van der Waals surface area contributed by atoms with Crippen molar-refractivity contribution in [2.24, 2.45) is 0 Å². The second kappa shape index (κ2) is 8.78. The molecule has 2 saturated heterocycles. The van der Waals surface area contributed by atoms with E-state index in [0.29, 0.717) is 42.9 Å². The standard InChI is InChI=1S/C24H34N8O3/c1-23(2,3)35-22(33)31-8-6-24(4,15-31)32-7-5-17-18(16-13-26-20(25)27-14-16)28-21(29-19(17)32)30-9-11-34-12-10-30/h13-14H,5-12,15H2,1-4H3,(H2,25,26,27)/t24-/m0/s1/i9D2,10D2,11D2,12D2. The molecule has 11 nitrogen and oxygen atoms in total. The van der Waals surface area contributed by atoms with Crippen LogP contribution in [0.25, 0.3) is 11.3 Å². The van der Waals surface area contributed by atoms with Crippen LogP contribution in [0.4, 0.5) is 22.5 Å². The van der Waals surface area contributed by atoms with Gasteiger partial charge >= 0.3 is 6.09 Å². The van der Waals surface area contributed by atoms with Crippen LogP contribution >= 0.6 is 0 Å². The minimum Gasteiger partial charge on any atom is -0.444 e. The summed E-state index contributed by atoms with van der Waals surface area (Å²) in [4.78, 5) is 33.8. The van der Waals surface area contributed by atoms with Crippen molar-refractivity contribution in [3.05, 3.63) is 18.0 Å². The highest BCUT2D eigenvalue weighted by Gasteiger charge is 2.45. The van der Waals surface area contributed by atoms with Crippen LogP contribution in [0.15, 0.2) is 12.4 Å². The Kier molecular flexibility index (Phi) is 3.94. The molecule has 0 aliphatic carbocycles. The first-order chi connectivity index (χ1) is 19.6. The smallest absolute Gasteiger partial charge is 0.410 e. The molecule has 0 saturated carbocycles. The van der Waals surface area contributed by atoms with Crippen molar-refractivity contribution in [1.82, 2.24) is 24.8 Å². The number of likely N-dealkylation sites (tertiary alicyclic amines) is 1. The molecule has 0 aromatic carbocycles. The average Bonchev–Trinajstić information content (AvgIpc) is 3.46. The Hall–Kier alpha value is -3.21. The Morgan fingerprint density at radius 2 is 1.91 bits per heavy atom. The second-order valence-corrected chi connectivity index (χ2v) is 9.92. The summed E-state index contributed by atoms with van der Waals surface area (Å²) in [6.07, 6.45) is 3.32. The number of carbonyl (C=O) groups excluding carboxylic acids is 1. The molecule has 2 N–H and O–H groups in total. The van der Waals surface area contributed by atoms with Gasteiger partial charge in [-0.25, -0.2) is 19.7 Å². The van der Waals surface area contributed by atoms with E-state index in [1.54, 1.807) is 25.7 Å². The first kappa shape index (κ1) is 15.7. The quantitative estimate of drug-likeness (QED) is 0.684. The van der Waals surface area contributed by atoms with Gasteiger partial charge in [0.1, 0.15) is 11.4 Å². The Balaban J connectivity index is 1.65. The first-order valence-electron chi connectivity index (χ1n) is 15.3. The van der Waals surface area contributed by atoms with Gasteiger partial charge in [-0.1, -0.05) is 0 Å². The lowest BCUT2D eigenvalue weighted by Crippen LogP contribution is -2.49. The molecule has 35 heavy (non-hydrogen) atoms. The van der Waals surface area contributed by atoms with E-state index >= 15 is 0 Å². The largest absolute Gasteiger partial charge is 0.444 e. The predicted molar refractivity (Wildman–Crippen MR) is 132 cm³/mol. The summed E-state index contributed by atoms with van der Waals surface area (Å²) in [7, 11) is 0. The molecule has 11 heteroatoms. The van der Waals surface area contributed by atoms with E-state index in [0.717, 1.165) is 0 Å². The summed E-state index contributed by atoms with van der Waals surface area (Å²) in [5, 5.41) is 0. The molecule has 5 heterocycles. The number of nitrogen functional groups attached to an aromatic ring is 1. The van der Waals surface area contributed by atoms with Gasteiger partial charge in [0.25, 0.3) is 0 Å². The zero-order valence-electron chi connectivity index (χ0n) is 28.1. The molecule has 0 bridgehead atoms. The minimum absolute atomic E-state index is 0.000703. The van der Waals surface area contributed by atoms with E-state index in [-0.39, 0.29) is 23.1 Å². The molecule has 2 aromatic heterocycles. The fourth-order valence-electron chi connectivity index (χ4n) is 4.51. The van der Waals surface area contributed by atoms with Crippen LogP contribution in [0.1, 0.15) is 50.6 Å². The maximum Gasteiger partial charge on any atom is 0.410 e. The molecule has 3 aliphatic rings. The third-order valence-electron chi connectivity index (χ3n) is 6.13. The maximum atomic E-state index is 12.9. The average molecular weight is 491 g/mol. The SMILES string of the molecule is [2H]C1([2H])OC([2H])([2H])C([2H])([2H])N(c2nc(-c3cnc(N)nc3)c3c(n2)N([C@@]2(C)CCN(C(=O)OC(C)(C)C)C2)CC3)C1([2H])[2H]. The van der Waals surface area contributed by atoms with Crippen molar-refractivity contribution >= 4 is 23.8 Å². The Bertz CT molecular complexity index is 1410. The second-order valence-electron chi connectivity index (χ2n) is 9.92. The van der Waals surface area contributed by atoms with Gasteiger partial charge in [0.15, 0.2) is 0 Å². The number of carbonyl (C=O) groups is 1. The van der Waals surface area contributed by atoms with Gasteiger partial charge in [-0.15, -0.1) is 0 Å². The number of ether oxygens (including phenoxy) is 2. The van der Waals surface area contributed by atoms with Gasteiger partial charge in [0, 0.05) is 56.1 Å². The lowest BCUT2D eigenvalue weighted by atomic mass is 9.99. The molecule has 0 unspecified atom stereocenters. The number of morpholine rings is 1. The van der Waals surface area contributed by atoms with Crippen molar-refractivity contribution in [2.75, 3.05) is 61.3 Å². The number of aromatic nitrogens is 4. The number of anilines is 3. The molecule has 2 aromatic rings. The van der Waals surface area contributed by atoms with E-state index in [4.69, 9.17) is 21.4 Å². The minimum atomic E-state index is -3.29. The molecule has 1 atom stereocenters. The van der Waals surface area contributed by atoms with Crippen LogP contribution in [-0.4, -0.2) is 87.8 Å². The Labute approximate surface area is 216 Å². The van der Waals surface area contributed by atoms with Crippen LogP contribution in [0, 0.1) is 0 Å². The zero-order chi connectivity index (χ0) is 32.0. The summed E-state index contributed by atoms with van der Waals surface area (Å²) in [5.74, 6) is -0.294. The Morgan fingerprint density at radius 3 is 2.60 bits per heavy atom. The number of rotatable bonds is 3. The highest BCUT2D eigenvalue weighted by Crippen LogP contribution is 2.41. The van der Waals surface area contributed by atoms with E-state index in [2.05, 4.69) is 24.7 Å². The third-order valence-corrected chi connectivity index (χ3v) is 6.13. The molecular formula is C24H34N8O3.